The molecule has 3 rings (SSSR count). The molecule has 0 unspecified atom stereocenters. The summed E-state index contributed by atoms with van der Waals surface area (Å²) >= 11 is 0. The third-order valence-corrected chi connectivity index (χ3v) is 7.88. The van der Waals surface area contributed by atoms with E-state index in [0.29, 0.717) is 18.4 Å². The minimum atomic E-state index is -3.44. The molecule has 0 N–H and O–H groups in total. The largest absolute Gasteiger partial charge is 0.492 e. The summed E-state index contributed by atoms with van der Waals surface area (Å²) in [5, 5.41) is 0. The Kier molecular flexibility index (Phi) is 8.88. The van der Waals surface area contributed by atoms with Gasteiger partial charge >= 0.3 is 0 Å². The Morgan fingerprint density at radius 3 is 2.21 bits per heavy atom. The molecule has 0 aromatic heterocycles. The van der Waals surface area contributed by atoms with E-state index in [0.717, 1.165) is 51.0 Å². The monoisotopic (exact) mass is 473 g/mol. The fourth-order valence-electron chi connectivity index (χ4n) is 4.16. The highest BCUT2D eigenvalue weighted by Gasteiger charge is 2.27. The van der Waals surface area contributed by atoms with E-state index in [-0.39, 0.29) is 10.8 Å². The van der Waals surface area contributed by atoms with Crippen LogP contribution in [0.4, 0.5) is 0 Å². The Bertz CT molecular complexity index is 986. The summed E-state index contributed by atoms with van der Waals surface area (Å²) in [6.45, 7) is 6.01. The van der Waals surface area contributed by atoms with Crippen molar-refractivity contribution in [1.82, 2.24) is 14.1 Å². The summed E-state index contributed by atoms with van der Waals surface area (Å²) in [5.74, 6) is 0.770. The number of hydrogen-bond donors (Lipinski definition) is 0. The number of ether oxygens (including phenoxy) is 1. The third kappa shape index (κ3) is 6.56. The van der Waals surface area contributed by atoms with E-state index in [1.165, 1.54) is 18.4 Å². The molecular formula is C25H35N3O4S. The summed E-state index contributed by atoms with van der Waals surface area (Å²) in [6, 6.07) is 16.5. The molecular weight excluding hydrogens is 438 g/mol. The van der Waals surface area contributed by atoms with Gasteiger partial charge in [-0.05, 0) is 62.2 Å². The number of rotatable bonds is 10. The summed E-state index contributed by atoms with van der Waals surface area (Å²) < 4.78 is 31.5. The zero-order valence-corrected chi connectivity index (χ0v) is 20.6. The molecule has 0 spiro atoms. The summed E-state index contributed by atoms with van der Waals surface area (Å²) in [4.78, 5) is 17.4. The minimum absolute atomic E-state index is 0.110. The maximum Gasteiger partial charge on any atom is 0.253 e. The standard InChI is InChI=1S/C25H35N3O4S/c1-4-16-27(19-20-32-23-10-12-24(13-11-23)33(30,31)26(2)3)22-14-17-28(18-15-22)25(29)21-8-6-5-7-9-21/h5-13,22H,4,14-20H2,1-3H3. The third-order valence-electron chi connectivity index (χ3n) is 6.05. The first-order chi connectivity index (χ1) is 15.8. The maximum atomic E-state index is 12.7. The van der Waals surface area contributed by atoms with Gasteiger partial charge in [0.25, 0.3) is 5.91 Å². The Morgan fingerprint density at radius 2 is 1.64 bits per heavy atom. The van der Waals surface area contributed by atoms with E-state index < -0.39 is 10.0 Å². The number of likely N-dealkylation sites (tertiary alicyclic amines) is 1. The van der Waals surface area contributed by atoms with Crippen LogP contribution in [-0.4, -0.2) is 81.4 Å². The predicted octanol–water partition coefficient (Wildman–Crippen LogP) is 3.33. The normalized spacial score (nSPS) is 15.2. The second-order valence-corrected chi connectivity index (χ2v) is 10.7. The summed E-state index contributed by atoms with van der Waals surface area (Å²) in [5.41, 5.74) is 0.749. The van der Waals surface area contributed by atoms with Crippen LogP contribution in [0.2, 0.25) is 0 Å². The van der Waals surface area contributed by atoms with Gasteiger partial charge in [-0.2, -0.15) is 0 Å². The lowest BCUT2D eigenvalue weighted by Crippen LogP contribution is -2.48. The SMILES string of the molecule is CCCN(CCOc1ccc(S(=O)(=O)N(C)C)cc1)C1CCN(C(=O)c2ccccc2)CC1. The van der Waals surface area contributed by atoms with Crippen LogP contribution in [0.5, 0.6) is 5.75 Å². The van der Waals surface area contributed by atoms with Crippen LogP contribution >= 0.6 is 0 Å². The molecule has 1 aliphatic rings. The molecule has 1 fully saturated rings. The molecule has 2 aromatic carbocycles. The van der Waals surface area contributed by atoms with Gasteiger partial charge in [0.1, 0.15) is 12.4 Å². The molecule has 0 radical (unpaired) electrons. The molecule has 33 heavy (non-hydrogen) atoms. The van der Waals surface area contributed by atoms with Crippen molar-refractivity contribution in [3.05, 3.63) is 60.2 Å². The lowest BCUT2D eigenvalue weighted by Gasteiger charge is -2.38. The lowest BCUT2D eigenvalue weighted by molar-refractivity contribution is 0.0597. The van der Waals surface area contributed by atoms with Gasteiger partial charge in [0.15, 0.2) is 0 Å². The van der Waals surface area contributed by atoms with Crippen molar-refractivity contribution >= 4 is 15.9 Å². The molecule has 180 valence electrons. The molecule has 1 amide bonds. The Labute approximate surface area is 198 Å². The maximum absolute atomic E-state index is 12.7. The lowest BCUT2D eigenvalue weighted by atomic mass is 10.0. The van der Waals surface area contributed by atoms with E-state index in [1.807, 2.05) is 35.2 Å². The molecule has 7 nitrogen and oxygen atoms in total. The number of nitrogens with zero attached hydrogens (tertiary/aromatic N) is 3. The van der Waals surface area contributed by atoms with E-state index in [9.17, 15) is 13.2 Å². The number of carbonyl (C=O) groups is 1. The Hall–Kier alpha value is -2.42. The van der Waals surface area contributed by atoms with E-state index >= 15 is 0 Å². The minimum Gasteiger partial charge on any atom is -0.492 e. The van der Waals surface area contributed by atoms with Crippen molar-refractivity contribution in [2.75, 3.05) is 46.9 Å². The Morgan fingerprint density at radius 1 is 1.00 bits per heavy atom. The van der Waals surface area contributed by atoms with E-state index in [1.54, 1.807) is 24.3 Å². The highest BCUT2D eigenvalue weighted by Crippen LogP contribution is 2.20. The first-order valence-electron chi connectivity index (χ1n) is 11.6. The van der Waals surface area contributed by atoms with Gasteiger partial charge in [0.05, 0.1) is 4.90 Å². The molecule has 0 aliphatic carbocycles. The van der Waals surface area contributed by atoms with Gasteiger partial charge in [0, 0.05) is 45.3 Å². The number of benzene rings is 2. The molecule has 0 saturated carbocycles. The molecule has 8 heteroatoms. The number of hydrogen-bond acceptors (Lipinski definition) is 5. The molecule has 0 bridgehead atoms. The van der Waals surface area contributed by atoms with Crippen molar-refractivity contribution < 1.29 is 17.9 Å². The average Bonchev–Trinajstić information content (AvgIpc) is 2.84. The van der Waals surface area contributed by atoms with E-state index in [2.05, 4.69) is 11.8 Å². The van der Waals surface area contributed by atoms with Crippen molar-refractivity contribution in [2.24, 2.45) is 0 Å². The molecule has 0 atom stereocenters. The van der Waals surface area contributed by atoms with Crippen molar-refractivity contribution in [1.29, 1.82) is 0 Å². The van der Waals surface area contributed by atoms with Crippen LogP contribution in [0, 0.1) is 0 Å². The zero-order valence-electron chi connectivity index (χ0n) is 19.8. The molecule has 1 saturated heterocycles. The van der Waals surface area contributed by atoms with Crippen LogP contribution in [0.3, 0.4) is 0 Å². The molecule has 1 heterocycles. The molecule has 2 aromatic rings. The van der Waals surface area contributed by atoms with Crippen LogP contribution in [-0.2, 0) is 10.0 Å². The zero-order chi connectivity index (χ0) is 23.8. The van der Waals surface area contributed by atoms with Crippen LogP contribution in [0.1, 0.15) is 36.5 Å². The Balaban J connectivity index is 1.50. The predicted molar refractivity (Wildman–Crippen MR) is 130 cm³/mol. The topological polar surface area (TPSA) is 70.2 Å². The van der Waals surface area contributed by atoms with Gasteiger partial charge in [-0.1, -0.05) is 25.1 Å². The highest BCUT2D eigenvalue weighted by molar-refractivity contribution is 7.89. The van der Waals surface area contributed by atoms with Gasteiger partial charge in [0.2, 0.25) is 10.0 Å². The van der Waals surface area contributed by atoms with Gasteiger partial charge in [-0.3, -0.25) is 9.69 Å². The quantitative estimate of drug-likeness (QED) is 0.529. The van der Waals surface area contributed by atoms with Gasteiger partial charge < -0.3 is 9.64 Å². The van der Waals surface area contributed by atoms with Gasteiger partial charge in [-0.25, -0.2) is 12.7 Å². The first kappa shape index (κ1) is 25.2. The second kappa shape index (κ2) is 11.6. The summed E-state index contributed by atoms with van der Waals surface area (Å²) in [6.07, 6.45) is 2.96. The fourth-order valence-corrected chi connectivity index (χ4v) is 5.06. The second-order valence-electron chi connectivity index (χ2n) is 8.53. The van der Waals surface area contributed by atoms with Crippen LogP contribution in [0.15, 0.2) is 59.5 Å². The van der Waals surface area contributed by atoms with Crippen molar-refractivity contribution in [3.63, 3.8) is 0 Å². The highest BCUT2D eigenvalue weighted by atomic mass is 32.2. The van der Waals surface area contributed by atoms with Crippen LogP contribution < -0.4 is 4.74 Å². The smallest absolute Gasteiger partial charge is 0.253 e. The number of amides is 1. The van der Waals surface area contributed by atoms with Crippen LogP contribution in [0.25, 0.3) is 0 Å². The fraction of sp³-hybridized carbons (Fsp3) is 0.480. The van der Waals surface area contributed by atoms with Crippen molar-refractivity contribution in [3.8, 4) is 5.75 Å². The number of sulfonamides is 1. The van der Waals surface area contributed by atoms with Gasteiger partial charge in [-0.15, -0.1) is 0 Å². The number of carbonyl (C=O) groups excluding carboxylic acids is 1. The summed E-state index contributed by atoms with van der Waals surface area (Å²) in [7, 11) is -0.400. The van der Waals surface area contributed by atoms with Crippen molar-refractivity contribution in [2.45, 2.75) is 37.1 Å². The first-order valence-corrected chi connectivity index (χ1v) is 13.0. The molecule has 1 aliphatic heterocycles. The van der Waals surface area contributed by atoms with E-state index in [4.69, 9.17) is 4.74 Å². The number of piperidine rings is 1. The average molecular weight is 474 g/mol.